The second-order valence-corrected chi connectivity index (χ2v) is 4.46. The van der Waals surface area contributed by atoms with Crippen molar-refractivity contribution >= 4 is 23.4 Å². The molecule has 18 heavy (non-hydrogen) atoms. The molecule has 0 saturated carbocycles. The van der Waals surface area contributed by atoms with Gasteiger partial charge in [-0.25, -0.2) is 0 Å². The van der Waals surface area contributed by atoms with E-state index in [9.17, 15) is 9.59 Å². The molecule has 1 aromatic carbocycles. The molecule has 0 aliphatic heterocycles. The third kappa shape index (κ3) is 4.37. The third-order valence-electron chi connectivity index (χ3n) is 2.59. The highest BCUT2D eigenvalue weighted by atomic mass is 35.5. The van der Waals surface area contributed by atoms with Crippen LogP contribution in [0.25, 0.3) is 0 Å². The fourth-order valence-electron chi connectivity index (χ4n) is 1.29. The van der Waals surface area contributed by atoms with Crippen molar-refractivity contribution in [3.05, 3.63) is 34.9 Å². The van der Waals surface area contributed by atoms with Gasteiger partial charge in [-0.05, 0) is 25.0 Å². The number of halogens is 1. The summed E-state index contributed by atoms with van der Waals surface area (Å²) in [5.41, 5.74) is 0.781. The summed E-state index contributed by atoms with van der Waals surface area (Å²) in [5.74, 6) is -1.26. The standard InChI is InChI=1S/C13H17ClN2O2/c1-3-9(2)16-13(18)12(17)15-8-10-6-4-5-7-11(10)14/h4-7,9H,3,8H2,1-2H3,(H,15,17)(H,16,18). The Bertz CT molecular complexity index is 435. The lowest BCUT2D eigenvalue weighted by Crippen LogP contribution is -2.43. The molecular formula is C13H17ClN2O2. The van der Waals surface area contributed by atoms with Crippen molar-refractivity contribution in [2.45, 2.75) is 32.9 Å². The zero-order valence-corrected chi connectivity index (χ0v) is 11.3. The highest BCUT2D eigenvalue weighted by Gasteiger charge is 2.14. The lowest BCUT2D eigenvalue weighted by atomic mass is 10.2. The molecule has 5 heteroatoms. The second-order valence-electron chi connectivity index (χ2n) is 4.06. The molecule has 2 amide bonds. The minimum Gasteiger partial charge on any atom is -0.345 e. The molecular weight excluding hydrogens is 252 g/mol. The first kappa shape index (κ1) is 14.5. The van der Waals surface area contributed by atoms with Crippen LogP contribution in [0.5, 0.6) is 0 Å². The van der Waals surface area contributed by atoms with E-state index in [2.05, 4.69) is 10.6 Å². The maximum atomic E-state index is 11.5. The predicted octanol–water partition coefficient (Wildman–Crippen LogP) is 1.87. The average molecular weight is 269 g/mol. The van der Waals surface area contributed by atoms with Crippen molar-refractivity contribution < 1.29 is 9.59 Å². The largest absolute Gasteiger partial charge is 0.345 e. The summed E-state index contributed by atoms with van der Waals surface area (Å²) in [6, 6.07) is 7.16. The highest BCUT2D eigenvalue weighted by Crippen LogP contribution is 2.14. The smallest absolute Gasteiger partial charge is 0.309 e. The van der Waals surface area contributed by atoms with E-state index in [4.69, 9.17) is 11.6 Å². The van der Waals surface area contributed by atoms with Crippen LogP contribution >= 0.6 is 11.6 Å². The third-order valence-corrected chi connectivity index (χ3v) is 2.96. The molecule has 0 radical (unpaired) electrons. The lowest BCUT2D eigenvalue weighted by Gasteiger charge is -2.11. The molecule has 1 unspecified atom stereocenters. The number of nitrogens with one attached hydrogen (secondary N) is 2. The van der Waals surface area contributed by atoms with Gasteiger partial charge in [0.05, 0.1) is 0 Å². The van der Waals surface area contributed by atoms with E-state index in [0.717, 1.165) is 12.0 Å². The summed E-state index contributed by atoms with van der Waals surface area (Å²) in [6.45, 7) is 4.03. The van der Waals surface area contributed by atoms with Crippen LogP contribution < -0.4 is 10.6 Å². The number of hydrogen-bond donors (Lipinski definition) is 2. The van der Waals surface area contributed by atoms with Crippen LogP contribution in [-0.4, -0.2) is 17.9 Å². The Morgan fingerprint density at radius 1 is 1.28 bits per heavy atom. The number of carbonyl (C=O) groups is 2. The van der Waals surface area contributed by atoms with E-state index in [1.165, 1.54) is 0 Å². The lowest BCUT2D eigenvalue weighted by molar-refractivity contribution is -0.139. The Hall–Kier alpha value is -1.55. The van der Waals surface area contributed by atoms with Crippen molar-refractivity contribution in [3.63, 3.8) is 0 Å². The van der Waals surface area contributed by atoms with Gasteiger partial charge in [-0.15, -0.1) is 0 Å². The van der Waals surface area contributed by atoms with Crippen molar-refractivity contribution in [1.82, 2.24) is 10.6 Å². The Balaban J connectivity index is 2.46. The Labute approximate surface area is 112 Å². The summed E-state index contributed by atoms with van der Waals surface area (Å²) in [6.07, 6.45) is 0.781. The van der Waals surface area contributed by atoms with Gasteiger partial charge in [0.25, 0.3) is 0 Å². The fraction of sp³-hybridized carbons (Fsp3) is 0.385. The van der Waals surface area contributed by atoms with Crippen LogP contribution in [0.2, 0.25) is 5.02 Å². The first-order valence-electron chi connectivity index (χ1n) is 5.86. The molecule has 0 aliphatic carbocycles. The zero-order valence-electron chi connectivity index (χ0n) is 10.5. The number of rotatable bonds is 4. The SMILES string of the molecule is CCC(C)NC(=O)C(=O)NCc1ccccc1Cl. The monoisotopic (exact) mass is 268 g/mol. The minimum absolute atomic E-state index is 0.0106. The van der Waals surface area contributed by atoms with Gasteiger partial charge >= 0.3 is 11.8 Å². The molecule has 1 atom stereocenters. The molecule has 4 nitrogen and oxygen atoms in total. The molecule has 2 N–H and O–H groups in total. The zero-order chi connectivity index (χ0) is 13.5. The number of hydrogen-bond acceptors (Lipinski definition) is 2. The minimum atomic E-state index is -0.643. The summed E-state index contributed by atoms with van der Waals surface area (Å²) in [5, 5.41) is 5.70. The van der Waals surface area contributed by atoms with Crippen LogP contribution in [0.1, 0.15) is 25.8 Å². The molecule has 0 fully saturated rings. The van der Waals surface area contributed by atoms with Crippen molar-refractivity contribution in [1.29, 1.82) is 0 Å². The Morgan fingerprint density at radius 3 is 2.56 bits per heavy atom. The molecule has 0 saturated heterocycles. The van der Waals surface area contributed by atoms with Crippen molar-refractivity contribution in [2.24, 2.45) is 0 Å². The van der Waals surface area contributed by atoms with E-state index >= 15 is 0 Å². The van der Waals surface area contributed by atoms with Gasteiger partial charge in [0.15, 0.2) is 0 Å². The Kier molecular flexibility index (Phi) is 5.65. The molecule has 0 heterocycles. The molecule has 0 bridgehead atoms. The van der Waals surface area contributed by atoms with E-state index in [0.29, 0.717) is 5.02 Å². The normalized spacial score (nSPS) is 11.7. The fourth-order valence-corrected chi connectivity index (χ4v) is 1.49. The molecule has 0 aromatic heterocycles. The summed E-state index contributed by atoms with van der Waals surface area (Å²) in [7, 11) is 0. The quantitative estimate of drug-likeness (QED) is 0.819. The average Bonchev–Trinajstić information content (AvgIpc) is 2.37. The second kappa shape index (κ2) is 7.01. The predicted molar refractivity (Wildman–Crippen MR) is 71.2 cm³/mol. The van der Waals surface area contributed by atoms with Crippen LogP contribution in [0.3, 0.4) is 0 Å². The van der Waals surface area contributed by atoms with E-state index in [1.54, 1.807) is 12.1 Å². The van der Waals surface area contributed by atoms with E-state index in [1.807, 2.05) is 26.0 Å². The summed E-state index contributed by atoms with van der Waals surface area (Å²) in [4.78, 5) is 23.0. The molecule has 1 rings (SSSR count). The van der Waals surface area contributed by atoms with Gasteiger partial charge in [0, 0.05) is 17.6 Å². The van der Waals surface area contributed by atoms with E-state index in [-0.39, 0.29) is 12.6 Å². The first-order chi connectivity index (χ1) is 8.54. The Morgan fingerprint density at radius 2 is 1.94 bits per heavy atom. The van der Waals surface area contributed by atoms with Crippen LogP contribution in [0, 0.1) is 0 Å². The topological polar surface area (TPSA) is 58.2 Å². The number of benzene rings is 1. The summed E-state index contributed by atoms with van der Waals surface area (Å²) < 4.78 is 0. The van der Waals surface area contributed by atoms with Gasteiger partial charge < -0.3 is 10.6 Å². The van der Waals surface area contributed by atoms with Gasteiger partial charge in [-0.2, -0.15) is 0 Å². The van der Waals surface area contributed by atoms with Crippen LogP contribution in [-0.2, 0) is 16.1 Å². The van der Waals surface area contributed by atoms with Gasteiger partial charge in [-0.1, -0.05) is 36.7 Å². The van der Waals surface area contributed by atoms with Crippen LogP contribution in [0.4, 0.5) is 0 Å². The highest BCUT2D eigenvalue weighted by molar-refractivity contribution is 6.35. The number of amides is 2. The molecule has 0 aliphatic rings. The summed E-state index contributed by atoms with van der Waals surface area (Å²) >= 11 is 5.94. The maximum Gasteiger partial charge on any atom is 0.309 e. The first-order valence-corrected chi connectivity index (χ1v) is 6.24. The van der Waals surface area contributed by atoms with Gasteiger partial charge in [-0.3, -0.25) is 9.59 Å². The molecule has 98 valence electrons. The van der Waals surface area contributed by atoms with E-state index < -0.39 is 11.8 Å². The number of carbonyl (C=O) groups excluding carboxylic acids is 2. The maximum absolute atomic E-state index is 11.5. The molecule has 1 aromatic rings. The van der Waals surface area contributed by atoms with Gasteiger partial charge in [0.2, 0.25) is 0 Å². The van der Waals surface area contributed by atoms with Crippen molar-refractivity contribution in [2.75, 3.05) is 0 Å². The molecule has 0 spiro atoms. The van der Waals surface area contributed by atoms with Crippen molar-refractivity contribution in [3.8, 4) is 0 Å². The van der Waals surface area contributed by atoms with Gasteiger partial charge in [0.1, 0.15) is 0 Å². The van der Waals surface area contributed by atoms with Crippen LogP contribution in [0.15, 0.2) is 24.3 Å².